The van der Waals surface area contributed by atoms with Crippen LogP contribution in [-0.2, 0) is 9.53 Å². The molecule has 2 rings (SSSR count). The summed E-state index contributed by atoms with van der Waals surface area (Å²) in [5.74, 6) is -0.124. The van der Waals surface area contributed by atoms with Gasteiger partial charge in [0.25, 0.3) is 5.91 Å². The fraction of sp³-hybridized carbons (Fsp3) is 0.600. The Hall–Kier alpha value is -2.12. The molecular weight excluding hydrogens is 240 g/mol. The van der Waals surface area contributed by atoms with E-state index in [1.807, 2.05) is 0 Å². The van der Waals surface area contributed by atoms with Gasteiger partial charge in [0.15, 0.2) is 5.82 Å². The van der Waals surface area contributed by atoms with E-state index in [9.17, 15) is 9.59 Å². The number of carbonyl (C=O) groups excluding carboxylic acids is 2. The molecule has 0 aromatic carbocycles. The molecule has 0 spiro atoms. The Morgan fingerprint density at radius 2 is 2.17 bits per heavy atom. The molecule has 0 saturated carbocycles. The summed E-state index contributed by atoms with van der Waals surface area (Å²) >= 11 is 0. The molecule has 0 unspecified atom stereocenters. The maximum absolute atomic E-state index is 12.1. The van der Waals surface area contributed by atoms with Gasteiger partial charge in [0.2, 0.25) is 0 Å². The average molecular weight is 254 g/mol. The van der Waals surface area contributed by atoms with Crippen molar-refractivity contribution in [2.24, 2.45) is 0 Å². The molecule has 1 fully saturated rings. The Kier molecular flexibility index (Phi) is 2.93. The molecule has 1 aliphatic rings. The lowest BCUT2D eigenvalue weighted by atomic mass is 10.0. The highest BCUT2D eigenvalue weighted by Gasteiger charge is 2.41. The highest BCUT2D eigenvalue weighted by Crippen LogP contribution is 2.21. The van der Waals surface area contributed by atoms with Crippen LogP contribution in [0.4, 0.5) is 10.6 Å². The number of amides is 2. The number of aryl methyl sites for hydroxylation is 1. The van der Waals surface area contributed by atoms with E-state index in [4.69, 9.17) is 4.74 Å². The highest BCUT2D eigenvalue weighted by atomic mass is 16.6. The zero-order chi connectivity index (χ0) is 13.3. The standard InChI is InChI=1S/C10H14N4O4/c1-6-7(13-18-12-6)11-8(15)10(2,3)14-4-5-17-9(14)16/h4-5H2,1-3H3,(H,11,13,15). The molecule has 0 atom stereocenters. The van der Waals surface area contributed by atoms with Gasteiger partial charge in [-0.2, -0.15) is 0 Å². The van der Waals surface area contributed by atoms with Crippen molar-refractivity contribution in [2.45, 2.75) is 26.3 Å². The highest BCUT2D eigenvalue weighted by molar-refractivity contribution is 5.99. The van der Waals surface area contributed by atoms with Crippen molar-refractivity contribution in [3.63, 3.8) is 0 Å². The van der Waals surface area contributed by atoms with Crippen LogP contribution in [-0.4, -0.2) is 45.9 Å². The van der Waals surface area contributed by atoms with Gasteiger partial charge >= 0.3 is 6.09 Å². The summed E-state index contributed by atoms with van der Waals surface area (Å²) in [6, 6.07) is 0. The van der Waals surface area contributed by atoms with Crippen LogP contribution in [0.5, 0.6) is 0 Å². The van der Waals surface area contributed by atoms with E-state index in [1.54, 1.807) is 20.8 Å². The average Bonchev–Trinajstić information content (AvgIpc) is 2.88. The van der Waals surface area contributed by atoms with Crippen LogP contribution in [0.3, 0.4) is 0 Å². The Morgan fingerprint density at radius 3 is 2.67 bits per heavy atom. The van der Waals surface area contributed by atoms with Crippen molar-refractivity contribution < 1.29 is 19.0 Å². The van der Waals surface area contributed by atoms with Gasteiger partial charge in [0.1, 0.15) is 17.8 Å². The molecule has 8 heteroatoms. The topological polar surface area (TPSA) is 97.6 Å². The summed E-state index contributed by atoms with van der Waals surface area (Å²) in [4.78, 5) is 25.0. The van der Waals surface area contributed by atoms with E-state index in [2.05, 4.69) is 20.3 Å². The smallest absolute Gasteiger partial charge is 0.410 e. The van der Waals surface area contributed by atoms with Crippen LogP contribution < -0.4 is 5.32 Å². The van der Waals surface area contributed by atoms with E-state index in [0.29, 0.717) is 18.8 Å². The maximum Gasteiger partial charge on any atom is 0.410 e. The van der Waals surface area contributed by atoms with Gasteiger partial charge in [-0.15, -0.1) is 0 Å². The lowest BCUT2D eigenvalue weighted by Gasteiger charge is -2.31. The minimum Gasteiger partial charge on any atom is -0.448 e. The summed E-state index contributed by atoms with van der Waals surface area (Å²) in [6.07, 6.45) is -0.495. The first-order valence-corrected chi connectivity index (χ1v) is 5.48. The first-order valence-electron chi connectivity index (χ1n) is 5.48. The summed E-state index contributed by atoms with van der Waals surface area (Å²) in [7, 11) is 0. The largest absolute Gasteiger partial charge is 0.448 e. The number of nitrogens with zero attached hydrogens (tertiary/aromatic N) is 3. The molecule has 0 aliphatic carbocycles. The third-order valence-corrected chi connectivity index (χ3v) is 2.88. The number of carbonyl (C=O) groups is 2. The molecule has 1 aromatic heterocycles. The molecule has 1 aliphatic heterocycles. The van der Waals surface area contributed by atoms with E-state index < -0.39 is 11.6 Å². The predicted molar refractivity (Wildman–Crippen MR) is 59.8 cm³/mol. The van der Waals surface area contributed by atoms with Crippen LogP contribution >= 0.6 is 0 Å². The van der Waals surface area contributed by atoms with Crippen LogP contribution in [0, 0.1) is 6.92 Å². The van der Waals surface area contributed by atoms with Gasteiger partial charge in [-0.25, -0.2) is 9.42 Å². The molecule has 98 valence electrons. The molecule has 1 saturated heterocycles. The lowest BCUT2D eigenvalue weighted by Crippen LogP contribution is -2.53. The Morgan fingerprint density at radius 1 is 1.44 bits per heavy atom. The number of hydrogen-bond donors (Lipinski definition) is 1. The van der Waals surface area contributed by atoms with Gasteiger partial charge < -0.3 is 10.1 Å². The maximum atomic E-state index is 12.1. The number of aromatic nitrogens is 2. The third kappa shape index (κ3) is 2.01. The molecule has 2 amide bonds. The van der Waals surface area contributed by atoms with Crippen molar-refractivity contribution >= 4 is 17.8 Å². The summed E-state index contributed by atoms with van der Waals surface area (Å²) in [6.45, 7) is 5.61. The van der Waals surface area contributed by atoms with Crippen molar-refractivity contribution in [2.75, 3.05) is 18.5 Å². The minimum absolute atomic E-state index is 0.251. The summed E-state index contributed by atoms with van der Waals surface area (Å²) < 4.78 is 9.31. The fourth-order valence-corrected chi connectivity index (χ4v) is 1.63. The van der Waals surface area contributed by atoms with Crippen LogP contribution in [0.2, 0.25) is 0 Å². The van der Waals surface area contributed by atoms with E-state index in [-0.39, 0.29) is 11.7 Å². The lowest BCUT2D eigenvalue weighted by molar-refractivity contribution is -0.124. The summed E-state index contributed by atoms with van der Waals surface area (Å²) in [5, 5.41) is 9.69. The molecule has 8 nitrogen and oxygen atoms in total. The van der Waals surface area contributed by atoms with Gasteiger partial charge in [0.05, 0.1) is 6.54 Å². The number of cyclic esters (lactones) is 1. The molecular formula is C10H14N4O4. The second-order valence-electron chi connectivity index (χ2n) is 4.48. The number of nitrogens with one attached hydrogen (secondary N) is 1. The van der Waals surface area contributed by atoms with Gasteiger partial charge in [-0.1, -0.05) is 5.16 Å². The SMILES string of the molecule is Cc1nonc1NC(=O)C(C)(C)N1CCOC1=O. The molecule has 18 heavy (non-hydrogen) atoms. The second kappa shape index (κ2) is 4.28. The molecule has 2 heterocycles. The van der Waals surface area contributed by atoms with Gasteiger partial charge in [0, 0.05) is 0 Å². The molecule has 1 aromatic rings. The molecule has 0 radical (unpaired) electrons. The number of ether oxygens (including phenoxy) is 1. The first kappa shape index (κ1) is 12.3. The Labute approximate surface area is 103 Å². The second-order valence-corrected chi connectivity index (χ2v) is 4.48. The van der Waals surface area contributed by atoms with E-state index >= 15 is 0 Å². The zero-order valence-corrected chi connectivity index (χ0v) is 10.4. The monoisotopic (exact) mass is 254 g/mol. The Bertz CT molecular complexity index is 482. The number of hydrogen-bond acceptors (Lipinski definition) is 6. The normalized spacial score (nSPS) is 15.7. The van der Waals surface area contributed by atoms with E-state index in [1.165, 1.54) is 4.90 Å². The first-order chi connectivity index (χ1) is 8.43. The fourth-order valence-electron chi connectivity index (χ4n) is 1.63. The van der Waals surface area contributed by atoms with Gasteiger partial charge in [-0.05, 0) is 25.9 Å². The van der Waals surface area contributed by atoms with Crippen molar-refractivity contribution in [1.29, 1.82) is 0 Å². The summed E-state index contributed by atoms with van der Waals surface area (Å²) in [5.41, 5.74) is -0.554. The molecule has 0 bridgehead atoms. The van der Waals surface area contributed by atoms with Gasteiger partial charge in [-0.3, -0.25) is 9.69 Å². The quantitative estimate of drug-likeness (QED) is 0.845. The Balaban J connectivity index is 2.12. The number of rotatable bonds is 3. The van der Waals surface area contributed by atoms with Crippen molar-refractivity contribution in [3.8, 4) is 0 Å². The van der Waals surface area contributed by atoms with Crippen molar-refractivity contribution in [3.05, 3.63) is 5.69 Å². The van der Waals surface area contributed by atoms with Crippen LogP contribution in [0.1, 0.15) is 19.5 Å². The van der Waals surface area contributed by atoms with Crippen LogP contribution in [0.15, 0.2) is 4.63 Å². The van der Waals surface area contributed by atoms with Crippen LogP contribution in [0.25, 0.3) is 0 Å². The van der Waals surface area contributed by atoms with E-state index in [0.717, 1.165) is 0 Å². The minimum atomic E-state index is -1.03. The predicted octanol–water partition coefficient (Wildman–Crippen LogP) is 0.547. The van der Waals surface area contributed by atoms with Crippen molar-refractivity contribution in [1.82, 2.24) is 15.2 Å². The number of anilines is 1. The molecule has 1 N–H and O–H groups in total. The zero-order valence-electron chi connectivity index (χ0n) is 10.4. The third-order valence-electron chi connectivity index (χ3n) is 2.88.